The van der Waals surface area contributed by atoms with E-state index in [1.165, 1.54) is 0 Å². The first kappa shape index (κ1) is 17.9. The van der Waals surface area contributed by atoms with E-state index in [4.69, 9.17) is 23.2 Å². The van der Waals surface area contributed by atoms with E-state index < -0.39 is 0 Å². The maximum absolute atomic E-state index is 12.7. The van der Waals surface area contributed by atoms with Gasteiger partial charge in [0.1, 0.15) is 0 Å². The van der Waals surface area contributed by atoms with Gasteiger partial charge in [0.05, 0.1) is 18.0 Å². The molecule has 0 radical (unpaired) electrons. The van der Waals surface area contributed by atoms with E-state index in [0.29, 0.717) is 16.1 Å². The molecule has 138 valence electrons. The van der Waals surface area contributed by atoms with Gasteiger partial charge in [-0.25, -0.2) is 0 Å². The quantitative estimate of drug-likeness (QED) is 0.799. The maximum atomic E-state index is 12.7. The summed E-state index contributed by atoms with van der Waals surface area (Å²) in [6.07, 6.45) is 6.15. The molecule has 26 heavy (non-hydrogen) atoms. The largest absolute Gasteiger partial charge is 0.351 e. The van der Waals surface area contributed by atoms with Gasteiger partial charge >= 0.3 is 0 Å². The van der Waals surface area contributed by atoms with Crippen molar-refractivity contribution in [2.24, 2.45) is 5.92 Å². The molecule has 3 saturated heterocycles. The van der Waals surface area contributed by atoms with Gasteiger partial charge in [-0.05, 0) is 56.0 Å². The lowest BCUT2D eigenvalue weighted by molar-refractivity contribution is -0.125. The molecule has 1 aromatic rings. The topological polar surface area (TPSA) is 59.4 Å². The molecule has 4 atom stereocenters. The Kier molecular flexibility index (Phi) is 5.00. The molecule has 3 aliphatic heterocycles. The van der Waals surface area contributed by atoms with Crippen molar-refractivity contribution in [3.63, 3.8) is 0 Å². The first-order chi connectivity index (χ1) is 12.5. The van der Waals surface area contributed by atoms with E-state index >= 15 is 0 Å². The Morgan fingerprint density at radius 2 is 2.00 bits per heavy atom. The maximum Gasteiger partial charge on any atom is 0.224 e. The third kappa shape index (κ3) is 3.51. The van der Waals surface area contributed by atoms with E-state index in [1.54, 1.807) is 6.07 Å². The van der Waals surface area contributed by atoms with Crippen LogP contribution in [-0.4, -0.2) is 46.9 Å². The van der Waals surface area contributed by atoms with Crippen molar-refractivity contribution in [1.29, 1.82) is 5.26 Å². The monoisotopic (exact) mass is 392 g/mol. The second-order valence-electron chi connectivity index (χ2n) is 7.65. The SMILES string of the molecule is N#CN1[C@H]2CC[C@@H]1[C@H](NC(=O)[C@@H]1CCN(Cc3cc(Cl)cc(Cl)c3)C1)C2. The molecule has 1 N–H and O–H groups in total. The van der Waals surface area contributed by atoms with Gasteiger partial charge < -0.3 is 10.2 Å². The van der Waals surface area contributed by atoms with Crippen molar-refractivity contribution in [3.05, 3.63) is 33.8 Å². The van der Waals surface area contributed by atoms with Crippen molar-refractivity contribution < 1.29 is 4.79 Å². The fourth-order valence-electron chi connectivity index (χ4n) is 4.75. The van der Waals surface area contributed by atoms with Crippen molar-refractivity contribution in [1.82, 2.24) is 15.1 Å². The zero-order valence-corrected chi connectivity index (χ0v) is 16.0. The number of rotatable bonds is 4. The highest BCUT2D eigenvalue weighted by Crippen LogP contribution is 2.37. The average molecular weight is 393 g/mol. The molecular formula is C19H22Cl2N4O. The summed E-state index contributed by atoms with van der Waals surface area (Å²) in [4.78, 5) is 16.9. The predicted molar refractivity (Wildman–Crippen MR) is 101 cm³/mol. The van der Waals surface area contributed by atoms with Crippen LogP contribution in [0.1, 0.15) is 31.2 Å². The standard InChI is InChI=1S/C19H22Cl2N4O/c20-14-5-12(6-15(21)7-14)9-24-4-3-13(10-24)19(26)23-17-8-16-1-2-18(17)25(16)11-22/h5-7,13,16-18H,1-4,8-10H2,(H,23,26)/t13-,16+,17-,18-/m1/s1. The zero-order valence-electron chi connectivity index (χ0n) is 14.5. The van der Waals surface area contributed by atoms with Gasteiger partial charge in [-0.1, -0.05) is 23.2 Å². The van der Waals surface area contributed by atoms with Crippen LogP contribution in [0.5, 0.6) is 0 Å². The number of carbonyl (C=O) groups excluding carboxylic acids is 1. The number of fused-ring (bicyclic) bond motifs is 2. The molecule has 4 rings (SSSR count). The number of carbonyl (C=O) groups is 1. The number of nitrogens with one attached hydrogen (secondary N) is 1. The minimum Gasteiger partial charge on any atom is -0.351 e. The molecule has 0 spiro atoms. The van der Waals surface area contributed by atoms with Crippen LogP contribution in [0.25, 0.3) is 0 Å². The molecule has 0 aliphatic carbocycles. The molecule has 0 saturated carbocycles. The van der Waals surface area contributed by atoms with Crippen LogP contribution in [0.4, 0.5) is 0 Å². The summed E-state index contributed by atoms with van der Waals surface area (Å²) in [5, 5.41) is 13.8. The number of halogens is 2. The summed E-state index contributed by atoms with van der Waals surface area (Å²) < 4.78 is 0. The summed E-state index contributed by atoms with van der Waals surface area (Å²) in [7, 11) is 0. The molecule has 5 nitrogen and oxygen atoms in total. The van der Waals surface area contributed by atoms with Crippen molar-refractivity contribution in [2.45, 2.75) is 50.4 Å². The second kappa shape index (κ2) is 7.26. The van der Waals surface area contributed by atoms with E-state index in [2.05, 4.69) is 16.4 Å². The van der Waals surface area contributed by atoms with Gasteiger partial charge in [0, 0.05) is 29.2 Å². The van der Waals surface area contributed by atoms with Crippen molar-refractivity contribution in [3.8, 4) is 6.19 Å². The Bertz CT molecular complexity index is 729. The van der Waals surface area contributed by atoms with E-state index in [-0.39, 0.29) is 23.9 Å². The normalized spacial score (nSPS) is 30.6. The first-order valence-corrected chi connectivity index (χ1v) is 9.95. The zero-order chi connectivity index (χ0) is 18.3. The highest BCUT2D eigenvalue weighted by Gasteiger charge is 2.47. The van der Waals surface area contributed by atoms with Crippen LogP contribution in [0.15, 0.2) is 18.2 Å². The Hall–Kier alpha value is -1.48. The molecule has 3 heterocycles. The second-order valence-corrected chi connectivity index (χ2v) is 8.53. The minimum absolute atomic E-state index is 0.0133. The summed E-state index contributed by atoms with van der Waals surface area (Å²) in [6.45, 7) is 2.39. The summed E-state index contributed by atoms with van der Waals surface area (Å²) in [6, 6.07) is 6.22. The first-order valence-electron chi connectivity index (χ1n) is 9.19. The Morgan fingerprint density at radius 1 is 1.23 bits per heavy atom. The lowest BCUT2D eigenvalue weighted by Gasteiger charge is -2.23. The summed E-state index contributed by atoms with van der Waals surface area (Å²) >= 11 is 12.1. The third-order valence-electron chi connectivity index (χ3n) is 5.95. The number of nitriles is 1. The van der Waals surface area contributed by atoms with Gasteiger partial charge in [0.2, 0.25) is 5.91 Å². The highest BCUT2D eigenvalue weighted by atomic mass is 35.5. The molecular weight excluding hydrogens is 371 g/mol. The molecule has 7 heteroatoms. The van der Waals surface area contributed by atoms with Crippen molar-refractivity contribution >= 4 is 29.1 Å². The number of nitrogens with zero attached hydrogens (tertiary/aromatic N) is 3. The smallest absolute Gasteiger partial charge is 0.224 e. The number of benzene rings is 1. The Morgan fingerprint density at radius 3 is 2.69 bits per heavy atom. The van der Waals surface area contributed by atoms with Gasteiger partial charge in [0.25, 0.3) is 0 Å². The number of likely N-dealkylation sites (tertiary alicyclic amines) is 1. The van der Waals surface area contributed by atoms with Crippen LogP contribution in [-0.2, 0) is 11.3 Å². The molecule has 3 fully saturated rings. The molecule has 1 amide bonds. The summed E-state index contributed by atoms with van der Waals surface area (Å²) in [5.74, 6) is 0.145. The molecule has 0 unspecified atom stereocenters. The number of hydrogen-bond acceptors (Lipinski definition) is 4. The van der Waals surface area contributed by atoms with Crippen LogP contribution >= 0.6 is 23.2 Å². The fourth-order valence-corrected chi connectivity index (χ4v) is 5.32. The van der Waals surface area contributed by atoms with Gasteiger partial charge in [-0.3, -0.25) is 9.69 Å². The number of amides is 1. The molecule has 2 bridgehead atoms. The van der Waals surface area contributed by atoms with Crippen molar-refractivity contribution in [2.75, 3.05) is 13.1 Å². The number of hydrogen-bond donors (Lipinski definition) is 1. The predicted octanol–water partition coefficient (Wildman–Crippen LogP) is 3.02. The van der Waals surface area contributed by atoms with E-state index in [9.17, 15) is 10.1 Å². The van der Waals surface area contributed by atoms with Crippen LogP contribution in [0.3, 0.4) is 0 Å². The molecule has 0 aromatic heterocycles. The average Bonchev–Trinajstić information content (AvgIpc) is 3.27. The Labute approximate surface area is 163 Å². The third-order valence-corrected chi connectivity index (χ3v) is 6.39. The lowest BCUT2D eigenvalue weighted by atomic mass is 9.95. The van der Waals surface area contributed by atoms with Gasteiger partial charge in [0.15, 0.2) is 6.19 Å². The lowest BCUT2D eigenvalue weighted by Crippen LogP contribution is -2.45. The fraction of sp³-hybridized carbons (Fsp3) is 0.579. The van der Waals surface area contributed by atoms with Crippen LogP contribution < -0.4 is 5.32 Å². The van der Waals surface area contributed by atoms with Gasteiger partial charge in [-0.15, -0.1) is 0 Å². The van der Waals surface area contributed by atoms with E-state index in [0.717, 1.165) is 50.9 Å². The van der Waals surface area contributed by atoms with Crippen LogP contribution in [0, 0.1) is 17.4 Å². The molecule has 1 aromatic carbocycles. The van der Waals surface area contributed by atoms with E-state index in [1.807, 2.05) is 17.0 Å². The minimum atomic E-state index is 0.0133. The Balaban J connectivity index is 1.31. The summed E-state index contributed by atoms with van der Waals surface area (Å²) in [5.41, 5.74) is 1.07. The molecule has 3 aliphatic rings. The van der Waals surface area contributed by atoms with Crippen LogP contribution in [0.2, 0.25) is 10.0 Å². The highest BCUT2D eigenvalue weighted by molar-refractivity contribution is 6.34. The van der Waals surface area contributed by atoms with Gasteiger partial charge in [-0.2, -0.15) is 5.26 Å².